The van der Waals surface area contributed by atoms with Crippen LogP contribution in [0, 0.1) is 0 Å². The molecule has 1 aromatic carbocycles. The summed E-state index contributed by atoms with van der Waals surface area (Å²) in [5, 5.41) is 13.3. The number of hydrogen-bond acceptors (Lipinski definition) is 3. The fourth-order valence-corrected chi connectivity index (χ4v) is 2.48. The Morgan fingerprint density at radius 2 is 2.16 bits per heavy atom. The van der Waals surface area contributed by atoms with Crippen LogP contribution in [0.1, 0.15) is 23.0 Å². The number of hydrogen-bond donors (Lipinski definition) is 1. The van der Waals surface area contributed by atoms with E-state index in [1.54, 1.807) is 12.1 Å². The van der Waals surface area contributed by atoms with Crippen molar-refractivity contribution in [3.8, 4) is 0 Å². The SMILES string of the molecule is CC(=O)c1nn(CC(=O)O)c2c(CF)cc(Br)cc12. The molecule has 0 atom stereocenters. The first kappa shape index (κ1) is 13.7. The van der Waals surface area contributed by atoms with Crippen molar-refractivity contribution in [1.82, 2.24) is 9.78 Å². The van der Waals surface area contributed by atoms with E-state index in [1.807, 2.05) is 0 Å². The smallest absolute Gasteiger partial charge is 0.325 e. The van der Waals surface area contributed by atoms with E-state index >= 15 is 0 Å². The molecule has 100 valence electrons. The number of aromatic nitrogens is 2. The van der Waals surface area contributed by atoms with Gasteiger partial charge in [-0.2, -0.15) is 5.10 Å². The third-order valence-electron chi connectivity index (χ3n) is 2.65. The summed E-state index contributed by atoms with van der Waals surface area (Å²) >= 11 is 3.24. The Bertz CT molecular complexity index is 681. The molecule has 0 aliphatic heterocycles. The van der Waals surface area contributed by atoms with E-state index < -0.39 is 19.2 Å². The molecule has 0 aliphatic carbocycles. The predicted octanol–water partition coefficient (Wildman–Crippen LogP) is 2.56. The molecule has 1 N–H and O–H groups in total. The standard InChI is InChI=1S/C12H10BrFN2O3/c1-6(17)11-9-3-8(13)2-7(4-14)12(9)16(15-11)5-10(18)19/h2-3H,4-5H2,1H3,(H,18,19). The van der Waals surface area contributed by atoms with E-state index in [0.29, 0.717) is 20.9 Å². The number of ketones is 1. The van der Waals surface area contributed by atoms with Crippen LogP contribution in [0.2, 0.25) is 0 Å². The summed E-state index contributed by atoms with van der Waals surface area (Å²) in [6.07, 6.45) is 0. The molecule has 2 rings (SSSR count). The van der Waals surface area contributed by atoms with Gasteiger partial charge in [-0.15, -0.1) is 0 Å². The summed E-state index contributed by atoms with van der Waals surface area (Å²) in [6, 6.07) is 3.18. The summed E-state index contributed by atoms with van der Waals surface area (Å²) in [5.41, 5.74) is 0.788. The van der Waals surface area contributed by atoms with Crippen LogP contribution in [0.25, 0.3) is 10.9 Å². The molecule has 7 heteroatoms. The number of halogens is 2. The number of rotatable bonds is 4. The van der Waals surface area contributed by atoms with Gasteiger partial charge in [0.1, 0.15) is 18.9 Å². The first-order chi connectivity index (χ1) is 8.93. The Hall–Kier alpha value is -1.76. The van der Waals surface area contributed by atoms with Gasteiger partial charge in [-0.05, 0) is 12.1 Å². The Labute approximate surface area is 116 Å². The van der Waals surface area contributed by atoms with Crippen LogP contribution in [-0.2, 0) is 18.0 Å². The molecule has 0 saturated heterocycles. The van der Waals surface area contributed by atoms with Gasteiger partial charge in [0, 0.05) is 22.3 Å². The van der Waals surface area contributed by atoms with E-state index in [-0.39, 0.29) is 11.5 Å². The van der Waals surface area contributed by atoms with Gasteiger partial charge in [0.15, 0.2) is 5.78 Å². The summed E-state index contributed by atoms with van der Waals surface area (Å²) in [7, 11) is 0. The van der Waals surface area contributed by atoms with E-state index in [2.05, 4.69) is 21.0 Å². The lowest BCUT2D eigenvalue weighted by Crippen LogP contribution is -2.11. The summed E-state index contributed by atoms with van der Waals surface area (Å²) in [5.74, 6) is -1.40. The Morgan fingerprint density at radius 3 is 2.68 bits per heavy atom. The number of nitrogens with zero attached hydrogens (tertiary/aromatic N) is 2. The van der Waals surface area contributed by atoms with Crippen molar-refractivity contribution in [2.45, 2.75) is 20.1 Å². The molecule has 0 bridgehead atoms. The van der Waals surface area contributed by atoms with Crippen molar-refractivity contribution in [2.75, 3.05) is 0 Å². The molecule has 0 aliphatic rings. The number of Topliss-reactive ketones (excluding diaryl/α,β-unsaturated/α-hetero) is 1. The number of alkyl halides is 1. The molecule has 0 radical (unpaired) electrons. The minimum absolute atomic E-state index is 0.146. The molecule has 1 aromatic heterocycles. The van der Waals surface area contributed by atoms with Gasteiger partial charge < -0.3 is 5.11 Å². The molecule has 19 heavy (non-hydrogen) atoms. The zero-order valence-electron chi connectivity index (χ0n) is 9.98. The van der Waals surface area contributed by atoms with Crippen molar-refractivity contribution in [3.63, 3.8) is 0 Å². The number of benzene rings is 1. The minimum atomic E-state index is -1.10. The lowest BCUT2D eigenvalue weighted by atomic mass is 10.1. The van der Waals surface area contributed by atoms with Gasteiger partial charge in [0.05, 0.1) is 5.52 Å². The fraction of sp³-hybridized carbons (Fsp3) is 0.250. The first-order valence-corrected chi connectivity index (χ1v) is 6.21. The molecule has 0 fully saturated rings. The predicted molar refractivity (Wildman–Crippen MR) is 69.9 cm³/mol. The van der Waals surface area contributed by atoms with Crippen LogP contribution in [0.5, 0.6) is 0 Å². The minimum Gasteiger partial charge on any atom is -0.480 e. The second-order valence-electron chi connectivity index (χ2n) is 4.05. The van der Waals surface area contributed by atoms with Crippen molar-refractivity contribution in [3.05, 3.63) is 27.9 Å². The maximum atomic E-state index is 13.1. The summed E-state index contributed by atoms with van der Waals surface area (Å²) < 4.78 is 14.8. The highest BCUT2D eigenvalue weighted by Crippen LogP contribution is 2.28. The third-order valence-corrected chi connectivity index (χ3v) is 3.11. The quantitative estimate of drug-likeness (QED) is 0.875. The normalized spacial score (nSPS) is 10.9. The van der Waals surface area contributed by atoms with Crippen molar-refractivity contribution < 1.29 is 19.1 Å². The largest absolute Gasteiger partial charge is 0.480 e. The van der Waals surface area contributed by atoms with Crippen LogP contribution in [0.4, 0.5) is 4.39 Å². The molecular formula is C12H10BrFN2O3. The number of carboxylic acids is 1. The lowest BCUT2D eigenvalue weighted by Gasteiger charge is -2.04. The molecule has 0 saturated carbocycles. The third kappa shape index (κ3) is 2.51. The van der Waals surface area contributed by atoms with Crippen LogP contribution in [-0.4, -0.2) is 26.6 Å². The van der Waals surface area contributed by atoms with Gasteiger partial charge in [-0.3, -0.25) is 14.3 Å². The highest BCUT2D eigenvalue weighted by molar-refractivity contribution is 9.10. The maximum Gasteiger partial charge on any atom is 0.325 e. The molecule has 0 unspecified atom stereocenters. The second kappa shape index (κ2) is 5.08. The zero-order chi connectivity index (χ0) is 14.2. The highest BCUT2D eigenvalue weighted by atomic mass is 79.9. The number of carbonyl (C=O) groups is 2. The van der Waals surface area contributed by atoms with Crippen LogP contribution in [0.3, 0.4) is 0 Å². The average Bonchev–Trinajstić information content (AvgIpc) is 2.66. The van der Waals surface area contributed by atoms with Crippen LogP contribution < -0.4 is 0 Å². The molecule has 0 amide bonds. The van der Waals surface area contributed by atoms with Crippen molar-refractivity contribution in [2.24, 2.45) is 0 Å². The van der Waals surface area contributed by atoms with Gasteiger partial charge in [-0.1, -0.05) is 15.9 Å². The van der Waals surface area contributed by atoms with Crippen LogP contribution in [0.15, 0.2) is 16.6 Å². The summed E-state index contributed by atoms with van der Waals surface area (Å²) in [6.45, 7) is 0.153. The number of carbonyl (C=O) groups excluding carboxylic acids is 1. The van der Waals surface area contributed by atoms with Crippen molar-refractivity contribution >= 4 is 38.6 Å². The highest BCUT2D eigenvalue weighted by Gasteiger charge is 2.19. The fourth-order valence-electron chi connectivity index (χ4n) is 1.97. The molecule has 2 aromatic rings. The summed E-state index contributed by atoms with van der Waals surface area (Å²) in [4.78, 5) is 22.3. The van der Waals surface area contributed by atoms with Gasteiger partial charge in [0.2, 0.25) is 0 Å². The second-order valence-corrected chi connectivity index (χ2v) is 4.97. The van der Waals surface area contributed by atoms with Gasteiger partial charge >= 0.3 is 5.97 Å². The Morgan fingerprint density at radius 1 is 1.47 bits per heavy atom. The number of carboxylic acid groups (broad SMARTS) is 1. The number of fused-ring (bicyclic) bond motifs is 1. The zero-order valence-corrected chi connectivity index (χ0v) is 11.6. The van der Waals surface area contributed by atoms with E-state index in [9.17, 15) is 14.0 Å². The maximum absolute atomic E-state index is 13.1. The average molecular weight is 329 g/mol. The van der Waals surface area contributed by atoms with E-state index in [1.165, 1.54) is 6.92 Å². The van der Waals surface area contributed by atoms with Crippen molar-refractivity contribution in [1.29, 1.82) is 0 Å². The van der Waals surface area contributed by atoms with E-state index in [4.69, 9.17) is 5.11 Å². The Balaban J connectivity index is 2.82. The topological polar surface area (TPSA) is 72.2 Å². The molecule has 1 heterocycles. The van der Waals surface area contributed by atoms with Gasteiger partial charge in [0.25, 0.3) is 0 Å². The van der Waals surface area contributed by atoms with Crippen LogP contribution >= 0.6 is 15.9 Å². The van der Waals surface area contributed by atoms with E-state index in [0.717, 1.165) is 4.68 Å². The van der Waals surface area contributed by atoms with Gasteiger partial charge in [-0.25, -0.2) is 4.39 Å². The Kier molecular flexibility index (Phi) is 3.66. The molecule has 0 spiro atoms. The monoisotopic (exact) mass is 328 g/mol. The molecule has 5 nitrogen and oxygen atoms in total. The number of aliphatic carboxylic acids is 1. The first-order valence-electron chi connectivity index (χ1n) is 5.41. The molecular weight excluding hydrogens is 319 g/mol. The lowest BCUT2D eigenvalue weighted by molar-refractivity contribution is -0.137.